The van der Waals surface area contributed by atoms with Gasteiger partial charge >= 0.3 is 5.97 Å². The number of rotatable bonds is 3. The molecule has 128 valence electrons. The zero-order chi connectivity index (χ0) is 18.3. The molecule has 0 aliphatic carbocycles. The number of imide groups is 1. The number of benzene rings is 2. The van der Waals surface area contributed by atoms with Crippen LogP contribution in [0.5, 0.6) is 0 Å². The summed E-state index contributed by atoms with van der Waals surface area (Å²) >= 11 is 0. The smallest absolute Gasteiger partial charge is 0.324 e. The molecule has 26 heavy (non-hydrogen) atoms. The molecular weight excluding hydrogens is 334 g/mol. The average Bonchev–Trinajstić information content (AvgIpc) is 3.19. The number of aromatic nitrogens is 2. The van der Waals surface area contributed by atoms with Crippen LogP contribution >= 0.6 is 0 Å². The minimum absolute atomic E-state index is 0.187. The van der Waals surface area contributed by atoms with Gasteiger partial charge in [0.25, 0.3) is 11.8 Å². The molecule has 0 N–H and O–H groups in total. The molecule has 7 nitrogen and oxygen atoms in total. The van der Waals surface area contributed by atoms with Crippen molar-refractivity contribution < 1.29 is 19.2 Å². The first-order valence-corrected chi connectivity index (χ1v) is 7.88. The van der Waals surface area contributed by atoms with Crippen LogP contribution in [0.25, 0.3) is 5.69 Å². The molecule has 0 fully saturated rings. The Hall–Kier alpha value is -3.74. The van der Waals surface area contributed by atoms with Crippen molar-refractivity contribution in [2.75, 3.05) is 0 Å². The third kappa shape index (κ3) is 2.46. The summed E-state index contributed by atoms with van der Waals surface area (Å²) in [5.74, 6) is -2.14. The summed E-state index contributed by atoms with van der Waals surface area (Å²) in [6, 6.07) is 14.8. The number of aryl methyl sites for hydroxylation is 1. The highest BCUT2D eigenvalue weighted by Crippen LogP contribution is 2.24. The molecule has 1 aromatic heterocycles. The van der Waals surface area contributed by atoms with Gasteiger partial charge in [0.15, 0.2) is 0 Å². The van der Waals surface area contributed by atoms with Crippen molar-refractivity contribution in [3.63, 3.8) is 0 Å². The number of carbonyl (C=O) groups is 3. The fourth-order valence-corrected chi connectivity index (χ4v) is 2.78. The van der Waals surface area contributed by atoms with E-state index in [1.807, 2.05) is 6.92 Å². The Bertz CT molecular complexity index is 1020. The summed E-state index contributed by atoms with van der Waals surface area (Å²) < 4.78 is 1.54. The van der Waals surface area contributed by atoms with Gasteiger partial charge in [0.2, 0.25) is 0 Å². The van der Waals surface area contributed by atoms with Crippen molar-refractivity contribution in [2.24, 2.45) is 0 Å². The Morgan fingerprint density at radius 1 is 0.923 bits per heavy atom. The van der Waals surface area contributed by atoms with Crippen LogP contribution in [0.2, 0.25) is 0 Å². The van der Waals surface area contributed by atoms with Gasteiger partial charge in [-0.15, -0.1) is 0 Å². The lowest BCUT2D eigenvalue weighted by Gasteiger charge is -2.14. The van der Waals surface area contributed by atoms with Gasteiger partial charge in [-0.05, 0) is 37.3 Å². The van der Waals surface area contributed by atoms with Crippen LogP contribution in [-0.4, -0.2) is 32.6 Å². The van der Waals surface area contributed by atoms with Gasteiger partial charge < -0.3 is 4.84 Å². The van der Waals surface area contributed by atoms with E-state index in [1.165, 1.54) is 16.8 Å². The maximum Gasteiger partial charge on any atom is 0.366 e. The maximum atomic E-state index is 12.6. The SMILES string of the molecule is Cc1ccn(-c2ccccc2C(=O)ON2C(=O)c3ccccc3C2=O)n1. The van der Waals surface area contributed by atoms with E-state index >= 15 is 0 Å². The van der Waals surface area contributed by atoms with Gasteiger partial charge in [-0.3, -0.25) is 9.59 Å². The van der Waals surface area contributed by atoms with E-state index in [2.05, 4.69) is 5.10 Å². The summed E-state index contributed by atoms with van der Waals surface area (Å²) in [6.07, 6.45) is 1.71. The number of amides is 2. The van der Waals surface area contributed by atoms with Gasteiger partial charge in [-0.1, -0.05) is 29.3 Å². The van der Waals surface area contributed by atoms with E-state index in [0.29, 0.717) is 10.8 Å². The van der Waals surface area contributed by atoms with E-state index in [9.17, 15) is 14.4 Å². The Balaban J connectivity index is 1.65. The zero-order valence-electron chi connectivity index (χ0n) is 13.7. The topological polar surface area (TPSA) is 81.5 Å². The number of hydrogen-bond donors (Lipinski definition) is 0. The standard InChI is InChI=1S/C19H13N3O4/c1-12-10-11-21(20-12)16-9-5-4-8-15(16)19(25)26-22-17(23)13-6-2-3-7-14(13)18(22)24/h2-11H,1H3. The monoisotopic (exact) mass is 347 g/mol. The van der Waals surface area contributed by atoms with Crippen molar-refractivity contribution in [1.29, 1.82) is 0 Å². The molecule has 0 saturated carbocycles. The predicted molar refractivity (Wildman–Crippen MR) is 90.7 cm³/mol. The number of hydrogen-bond acceptors (Lipinski definition) is 5. The highest BCUT2D eigenvalue weighted by atomic mass is 16.7. The van der Waals surface area contributed by atoms with Crippen molar-refractivity contribution in [3.05, 3.63) is 83.2 Å². The first kappa shape index (κ1) is 15.8. The summed E-state index contributed by atoms with van der Waals surface area (Å²) in [5, 5.41) is 4.78. The number of carbonyl (C=O) groups excluding carboxylic acids is 3. The first-order chi connectivity index (χ1) is 12.6. The van der Waals surface area contributed by atoms with E-state index in [4.69, 9.17) is 4.84 Å². The van der Waals surface area contributed by atoms with E-state index in [1.54, 1.807) is 48.7 Å². The summed E-state index contributed by atoms with van der Waals surface area (Å²) in [5.41, 5.74) is 1.88. The van der Waals surface area contributed by atoms with Crippen LogP contribution in [0.4, 0.5) is 0 Å². The number of hydroxylamine groups is 2. The van der Waals surface area contributed by atoms with Gasteiger partial charge in [-0.25, -0.2) is 9.48 Å². The Morgan fingerprint density at radius 2 is 1.54 bits per heavy atom. The molecule has 0 unspecified atom stereocenters. The maximum absolute atomic E-state index is 12.6. The Labute approximate surface area is 148 Å². The van der Waals surface area contributed by atoms with Crippen molar-refractivity contribution in [2.45, 2.75) is 6.92 Å². The first-order valence-electron chi connectivity index (χ1n) is 7.88. The molecule has 2 aromatic carbocycles. The third-order valence-corrected chi connectivity index (χ3v) is 4.02. The highest BCUT2D eigenvalue weighted by molar-refractivity contribution is 6.21. The molecule has 7 heteroatoms. The van der Waals surface area contributed by atoms with E-state index in [-0.39, 0.29) is 16.7 Å². The van der Waals surface area contributed by atoms with Crippen molar-refractivity contribution in [1.82, 2.24) is 14.8 Å². The minimum atomic E-state index is -0.816. The van der Waals surface area contributed by atoms with Crippen molar-refractivity contribution >= 4 is 17.8 Å². The Kier molecular flexibility index (Phi) is 3.62. The van der Waals surface area contributed by atoms with Crippen LogP contribution in [0.1, 0.15) is 36.8 Å². The fourth-order valence-electron chi connectivity index (χ4n) is 2.78. The average molecular weight is 347 g/mol. The Morgan fingerprint density at radius 3 is 2.15 bits per heavy atom. The molecule has 0 atom stereocenters. The van der Waals surface area contributed by atoms with Gasteiger partial charge in [0.1, 0.15) is 0 Å². The molecule has 0 saturated heterocycles. The normalized spacial score (nSPS) is 13.0. The summed E-state index contributed by atoms with van der Waals surface area (Å²) in [7, 11) is 0. The van der Waals surface area contributed by atoms with Crippen LogP contribution in [-0.2, 0) is 4.84 Å². The molecule has 3 aromatic rings. The largest absolute Gasteiger partial charge is 0.366 e. The lowest BCUT2D eigenvalue weighted by Crippen LogP contribution is -2.33. The molecule has 0 bridgehead atoms. The molecule has 0 spiro atoms. The summed E-state index contributed by atoms with van der Waals surface area (Å²) in [4.78, 5) is 42.4. The second-order valence-corrected chi connectivity index (χ2v) is 5.75. The number of para-hydroxylation sites is 1. The van der Waals surface area contributed by atoms with E-state index < -0.39 is 17.8 Å². The zero-order valence-corrected chi connectivity index (χ0v) is 13.7. The fraction of sp³-hybridized carbons (Fsp3) is 0.0526. The highest BCUT2D eigenvalue weighted by Gasteiger charge is 2.39. The molecule has 4 rings (SSSR count). The quantitative estimate of drug-likeness (QED) is 0.680. The molecule has 2 amide bonds. The second-order valence-electron chi connectivity index (χ2n) is 5.75. The van der Waals surface area contributed by atoms with Crippen LogP contribution < -0.4 is 0 Å². The molecular formula is C19H13N3O4. The lowest BCUT2D eigenvalue weighted by atomic mass is 10.1. The van der Waals surface area contributed by atoms with Gasteiger partial charge in [0.05, 0.1) is 28.1 Å². The van der Waals surface area contributed by atoms with Crippen LogP contribution in [0, 0.1) is 6.92 Å². The van der Waals surface area contributed by atoms with Gasteiger partial charge in [-0.2, -0.15) is 5.10 Å². The molecule has 1 aliphatic heterocycles. The lowest BCUT2D eigenvalue weighted by molar-refractivity contribution is -0.0584. The molecule has 1 aliphatic rings. The third-order valence-electron chi connectivity index (χ3n) is 4.02. The minimum Gasteiger partial charge on any atom is -0.324 e. The van der Waals surface area contributed by atoms with Crippen LogP contribution in [0.3, 0.4) is 0 Å². The number of nitrogens with zero attached hydrogens (tertiary/aromatic N) is 3. The molecule has 0 radical (unpaired) electrons. The predicted octanol–water partition coefficient (Wildman–Crippen LogP) is 2.55. The van der Waals surface area contributed by atoms with Crippen molar-refractivity contribution in [3.8, 4) is 5.69 Å². The number of fused-ring (bicyclic) bond motifs is 1. The summed E-state index contributed by atoms with van der Waals surface area (Å²) in [6.45, 7) is 1.83. The van der Waals surface area contributed by atoms with E-state index in [0.717, 1.165) is 5.69 Å². The second kappa shape index (κ2) is 5.96. The molecule has 2 heterocycles. The van der Waals surface area contributed by atoms with Gasteiger partial charge in [0, 0.05) is 6.20 Å². The van der Waals surface area contributed by atoms with Crippen LogP contribution in [0.15, 0.2) is 60.8 Å².